The number of benzene rings is 3. The highest BCUT2D eigenvalue weighted by molar-refractivity contribution is 5.96. The Morgan fingerprint density at radius 1 is 0.893 bits per heavy atom. The van der Waals surface area contributed by atoms with Crippen LogP contribution in [0.2, 0.25) is 0 Å². The maximum atomic E-state index is 12.5. The molecular formula is C24H26N2O2. The van der Waals surface area contributed by atoms with Crippen LogP contribution in [-0.4, -0.2) is 37.6 Å². The van der Waals surface area contributed by atoms with E-state index in [0.29, 0.717) is 13.2 Å². The number of likely N-dealkylation sites (N-methyl/N-ethyl adjacent to an activating group) is 1. The molecule has 0 saturated carbocycles. The first-order chi connectivity index (χ1) is 13.7. The Labute approximate surface area is 166 Å². The molecule has 0 fully saturated rings. The SMILES string of the molecule is CN(CCCOc1ccccc1)CC(=O)Nc1ccccc1-c1ccccc1. The molecule has 0 unspecified atom stereocenters. The fraction of sp³-hybridized carbons (Fsp3) is 0.208. The predicted molar refractivity (Wildman–Crippen MR) is 115 cm³/mol. The van der Waals surface area contributed by atoms with Gasteiger partial charge in [-0.1, -0.05) is 66.7 Å². The van der Waals surface area contributed by atoms with Crippen molar-refractivity contribution in [1.82, 2.24) is 4.90 Å². The van der Waals surface area contributed by atoms with E-state index in [2.05, 4.69) is 5.32 Å². The molecule has 144 valence electrons. The van der Waals surface area contributed by atoms with Crippen molar-refractivity contribution in [2.45, 2.75) is 6.42 Å². The summed E-state index contributed by atoms with van der Waals surface area (Å²) >= 11 is 0. The zero-order valence-electron chi connectivity index (χ0n) is 16.2. The number of nitrogens with one attached hydrogen (secondary N) is 1. The standard InChI is InChI=1S/C24H26N2O2/c1-26(17-10-18-28-21-13-6-3-7-14-21)19-24(27)25-23-16-9-8-15-22(23)20-11-4-2-5-12-20/h2-9,11-16H,10,17-19H2,1H3,(H,25,27). The monoisotopic (exact) mass is 374 g/mol. The molecule has 0 aliphatic heterocycles. The Hall–Kier alpha value is -3.11. The smallest absolute Gasteiger partial charge is 0.238 e. The van der Waals surface area contributed by atoms with Crippen molar-refractivity contribution in [3.8, 4) is 16.9 Å². The Morgan fingerprint density at radius 3 is 2.29 bits per heavy atom. The van der Waals surface area contributed by atoms with Crippen molar-refractivity contribution in [1.29, 1.82) is 0 Å². The average Bonchev–Trinajstić information content (AvgIpc) is 2.73. The molecule has 28 heavy (non-hydrogen) atoms. The maximum absolute atomic E-state index is 12.5. The number of hydrogen-bond donors (Lipinski definition) is 1. The van der Waals surface area contributed by atoms with Gasteiger partial charge in [0.25, 0.3) is 0 Å². The van der Waals surface area contributed by atoms with Crippen LogP contribution in [0.3, 0.4) is 0 Å². The summed E-state index contributed by atoms with van der Waals surface area (Å²) in [6.45, 7) is 1.77. The lowest BCUT2D eigenvalue weighted by Gasteiger charge is -2.17. The van der Waals surface area contributed by atoms with Crippen LogP contribution in [0.15, 0.2) is 84.9 Å². The van der Waals surface area contributed by atoms with E-state index < -0.39 is 0 Å². The van der Waals surface area contributed by atoms with Gasteiger partial charge in [0.15, 0.2) is 0 Å². The molecule has 0 saturated heterocycles. The normalized spacial score (nSPS) is 10.6. The van der Waals surface area contributed by atoms with Crippen LogP contribution in [0.5, 0.6) is 5.75 Å². The van der Waals surface area contributed by atoms with Crippen LogP contribution >= 0.6 is 0 Å². The first-order valence-electron chi connectivity index (χ1n) is 9.53. The molecule has 0 bridgehead atoms. The number of para-hydroxylation sites is 2. The second-order valence-corrected chi connectivity index (χ2v) is 6.71. The van der Waals surface area contributed by atoms with E-state index in [9.17, 15) is 4.79 Å². The highest BCUT2D eigenvalue weighted by Crippen LogP contribution is 2.27. The molecule has 1 amide bonds. The van der Waals surface area contributed by atoms with Crippen LogP contribution in [0.25, 0.3) is 11.1 Å². The van der Waals surface area contributed by atoms with E-state index in [1.165, 1.54) is 0 Å². The first-order valence-corrected chi connectivity index (χ1v) is 9.53. The third-order valence-corrected chi connectivity index (χ3v) is 4.40. The molecule has 3 aromatic carbocycles. The molecule has 0 aliphatic rings. The molecule has 4 nitrogen and oxygen atoms in total. The van der Waals surface area contributed by atoms with E-state index in [1.807, 2.05) is 96.9 Å². The average molecular weight is 374 g/mol. The molecule has 3 aromatic rings. The van der Waals surface area contributed by atoms with Gasteiger partial charge in [0.1, 0.15) is 5.75 Å². The second-order valence-electron chi connectivity index (χ2n) is 6.71. The zero-order valence-corrected chi connectivity index (χ0v) is 16.2. The van der Waals surface area contributed by atoms with E-state index in [0.717, 1.165) is 35.5 Å². The molecule has 4 heteroatoms. The van der Waals surface area contributed by atoms with Gasteiger partial charge >= 0.3 is 0 Å². The molecule has 0 spiro atoms. The van der Waals surface area contributed by atoms with E-state index >= 15 is 0 Å². The summed E-state index contributed by atoms with van der Waals surface area (Å²) in [5.41, 5.74) is 2.94. The van der Waals surface area contributed by atoms with Gasteiger partial charge in [0.05, 0.1) is 13.2 Å². The summed E-state index contributed by atoms with van der Waals surface area (Å²) in [6, 6.07) is 27.7. The van der Waals surface area contributed by atoms with E-state index in [4.69, 9.17) is 4.74 Å². The summed E-state index contributed by atoms with van der Waals surface area (Å²) < 4.78 is 5.69. The van der Waals surface area contributed by atoms with Gasteiger partial charge in [-0.3, -0.25) is 9.69 Å². The Balaban J connectivity index is 1.46. The number of carbonyl (C=O) groups excluding carboxylic acids is 1. The lowest BCUT2D eigenvalue weighted by atomic mass is 10.0. The van der Waals surface area contributed by atoms with Gasteiger partial charge in [0, 0.05) is 17.8 Å². The highest BCUT2D eigenvalue weighted by atomic mass is 16.5. The van der Waals surface area contributed by atoms with Crippen molar-refractivity contribution in [3.05, 3.63) is 84.9 Å². The van der Waals surface area contributed by atoms with Gasteiger partial charge in [-0.2, -0.15) is 0 Å². The van der Waals surface area contributed by atoms with Gasteiger partial charge in [-0.05, 0) is 37.2 Å². The molecule has 1 N–H and O–H groups in total. The van der Waals surface area contributed by atoms with Crippen LogP contribution in [0.1, 0.15) is 6.42 Å². The Morgan fingerprint density at radius 2 is 1.54 bits per heavy atom. The summed E-state index contributed by atoms with van der Waals surface area (Å²) in [5.74, 6) is 0.857. The summed E-state index contributed by atoms with van der Waals surface area (Å²) in [4.78, 5) is 14.5. The number of hydrogen-bond acceptors (Lipinski definition) is 3. The van der Waals surface area contributed by atoms with Crippen molar-refractivity contribution in [2.24, 2.45) is 0 Å². The number of amides is 1. The van der Waals surface area contributed by atoms with Crippen molar-refractivity contribution >= 4 is 11.6 Å². The minimum Gasteiger partial charge on any atom is -0.494 e. The van der Waals surface area contributed by atoms with Gasteiger partial charge < -0.3 is 10.1 Å². The van der Waals surface area contributed by atoms with Gasteiger partial charge in [0.2, 0.25) is 5.91 Å². The number of nitrogens with zero attached hydrogens (tertiary/aromatic N) is 1. The third kappa shape index (κ3) is 5.96. The Kier molecular flexibility index (Phi) is 7.21. The first kappa shape index (κ1) is 19.6. The quantitative estimate of drug-likeness (QED) is 0.552. The minimum atomic E-state index is -0.0186. The Bertz CT molecular complexity index is 866. The molecule has 0 heterocycles. The van der Waals surface area contributed by atoms with E-state index in [1.54, 1.807) is 0 Å². The molecule has 0 aliphatic carbocycles. The van der Waals surface area contributed by atoms with Gasteiger partial charge in [-0.25, -0.2) is 0 Å². The molecular weight excluding hydrogens is 348 g/mol. The molecule has 3 rings (SSSR count). The van der Waals surface area contributed by atoms with Crippen LogP contribution in [-0.2, 0) is 4.79 Å². The molecule has 0 radical (unpaired) electrons. The highest BCUT2D eigenvalue weighted by Gasteiger charge is 2.10. The fourth-order valence-electron chi connectivity index (χ4n) is 3.02. The van der Waals surface area contributed by atoms with Crippen LogP contribution in [0.4, 0.5) is 5.69 Å². The van der Waals surface area contributed by atoms with Crippen LogP contribution < -0.4 is 10.1 Å². The maximum Gasteiger partial charge on any atom is 0.238 e. The fourth-order valence-corrected chi connectivity index (χ4v) is 3.02. The second kappa shape index (κ2) is 10.3. The topological polar surface area (TPSA) is 41.6 Å². The summed E-state index contributed by atoms with van der Waals surface area (Å²) in [5, 5.41) is 3.04. The lowest BCUT2D eigenvalue weighted by Crippen LogP contribution is -2.31. The minimum absolute atomic E-state index is 0.0186. The summed E-state index contributed by atoms with van der Waals surface area (Å²) in [7, 11) is 1.95. The van der Waals surface area contributed by atoms with E-state index in [-0.39, 0.29) is 5.91 Å². The molecule has 0 aromatic heterocycles. The van der Waals surface area contributed by atoms with Crippen LogP contribution in [0, 0.1) is 0 Å². The van der Waals surface area contributed by atoms with Crippen molar-refractivity contribution < 1.29 is 9.53 Å². The number of carbonyl (C=O) groups is 1. The summed E-state index contributed by atoms with van der Waals surface area (Å²) in [6.07, 6.45) is 0.860. The number of anilines is 1. The number of ether oxygens (including phenoxy) is 1. The molecule has 0 atom stereocenters. The largest absolute Gasteiger partial charge is 0.494 e. The third-order valence-electron chi connectivity index (χ3n) is 4.40. The predicted octanol–water partition coefficient (Wildman–Crippen LogP) is 4.69. The number of rotatable bonds is 9. The van der Waals surface area contributed by atoms with Crippen molar-refractivity contribution in [2.75, 3.05) is 32.1 Å². The van der Waals surface area contributed by atoms with Crippen molar-refractivity contribution in [3.63, 3.8) is 0 Å². The van der Waals surface area contributed by atoms with Gasteiger partial charge in [-0.15, -0.1) is 0 Å². The zero-order chi connectivity index (χ0) is 19.6. The lowest BCUT2D eigenvalue weighted by molar-refractivity contribution is -0.117.